The van der Waals surface area contributed by atoms with Gasteiger partial charge in [-0.2, -0.15) is 0 Å². The third-order valence-corrected chi connectivity index (χ3v) is 4.74. The standard InChI is InChI=1S/C13H19ClN2OS/c1-9-8-10(15)6-7-16(9)13(17)5-3-11-2-4-12(14)18-11/h2,4,9-10H,3,5-8,15H2,1H3. The van der Waals surface area contributed by atoms with E-state index in [4.69, 9.17) is 17.3 Å². The van der Waals surface area contributed by atoms with E-state index in [1.807, 2.05) is 17.0 Å². The summed E-state index contributed by atoms with van der Waals surface area (Å²) in [5, 5.41) is 0. The summed E-state index contributed by atoms with van der Waals surface area (Å²) in [6, 6.07) is 4.40. The van der Waals surface area contributed by atoms with Gasteiger partial charge in [-0.1, -0.05) is 11.6 Å². The summed E-state index contributed by atoms with van der Waals surface area (Å²) >= 11 is 7.43. The Bertz CT molecular complexity index is 421. The van der Waals surface area contributed by atoms with Crippen LogP contribution in [0.4, 0.5) is 0 Å². The minimum absolute atomic E-state index is 0.235. The van der Waals surface area contributed by atoms with Crippen LogP contribution >= 0.6 is 22.9 Å². The number of halogens is 1. The highest BCUT2D eigenvalue weighted by molar-refractivity contribution is 7.16. The zero-order valence-corrected chi connectivity index (χ0v) is 12.1. The van der Waals surface area contributed by atoms with Crippen molar-refractivity contribution in [3.63, 3.8) is 0 Å². The molecule has 1 aromatic heterocycles. The van der Waals surface area contributed by atoms with Crippen LogP contribution in [-0.4, -0.2) is 29.4 Å². The second kappa shape index (κ2) is 6.04. The smallest absolute Gasteiger partial charge is 0.223 e. The van der Waals surface area contributed by atoms with E-state index in [2.05, 4.69) is 6.92 Å². The fraction of sp³-hybridized carbons (Fsp3) is 0.615. The molecule has 0 aliphatic carbocycles. The zero-order chi connectivity index (χ0) is 13.1. The molecule has 0 spiro atoms. The first kappa shape index (κ1) is 13.8. The minimum atomic E-state index is 0.235. The summed E-state index contributed by atoms with van der Waals surface area (Å²) in [6.07, 6.45) is 3.18. The average Bonchev–Trinajstić information content (AvgIpc) is 2.72. The lowest BCUT2D eigenvalue weighted by molar-refractivity contribution is -0.134. The average molecular weight is 287 g/mol. The third-order valence-electron chi connectivity index (χ3n) is 3.45. The number of aryl methyl sites for hydroxylation is 1. The summed E-state index contributed by atoms with van der Waals surface area (Å²) in [7, 11) is 0. The number of rotatable bonds is 3. The fourth-order valence-electron chi connectivity index (χ4n) is 2.44. The molecule has 0 bridgehead atoms. The van der Waals surface area contributed by atoms with E-state index in [9.17, 15) is 4.79 Å². The molecule has 1 saturated heterocycles. The second-order valence-corrected chi connectivity index (χ2v) is 6.73. The van der Waals surface area contributed by atoms with Crippen molar-refractivity contribution < 1.29 is 4.79 Å². The maximum Gasteiger partial charge on any atom is 0.223 e. The molecule has 18 heavy (non-hydrogen) atoms. The van der Waals surface area contributed by atoms with Gasteiger partial charge in [0, 0.05) is 29.9 Å². The Morgan fingerprint density at radius 1 is 1.61 bits per heavy atom. The Labute approximate surface area is 117 Å². The summed E-state index contributed by atoms with van der Waals surface area (Å²) in [4.78, 5) is 15.3. The monoisotopic (exact) mass is 286 g/mol. The Morgan fingerprint density at radius 3 is 3.00 bits per heavy atom. The van der Waals surface area contributed by atoms with Gasteiger partial charge in [-0.3, -0.25) is 4.79 Å². The molecule has 1 aromatic rings. The maximum atomic E-state index is 12.2. The van der Waals surface area contributed by atoms with E-state index in [-0.39, 0.29) is 18.0 Å². The maximum absolute atomic E-state index is 12.2. The lowest BCUT2D eigenvalue weighted by atomic mass is 9.98. The van der Waals surface area contributed by atoms with E-state index in [0.717, 1.165) is 30.1 Å². The summed E-state index contributed by atoms with van der Waals surface area (Å²) in [5.41, 5.74) is 5.90. The van der Waals surface area contributed by atoms with Gasteiger partial charge in [0.05, 0.1) is 4.34 Å². The molecule has 100 valence electrons. The van der Waals surface area contributed by atoms with E-state index >= 15 is 0 Å². The molecular formula is C13H19ClN2OS. The number of amides is 1. The van der Waals surface area contributed by atoms with Crippen LogP contribution in [0.5, 0.6) is 0 Å². The highest BCUT2D eigenvalue weighted by atomic mass is 35.5. The number of thiophene rings is 1. The van der Waals surface area contributed by atoms with Crippen LogP contribution in [-0.2, 0) is 11.2 Å². The number of hydrogen-bond donors (Lipinski definition) is 1. The number of carbonyl (C=O) groups is 1. The van der Waals surface area contributed by atoms with Gasteiger partial charge < -0.3 is 10.6 Å². The van der Waals surface area contributed by atoms with Crippen LogP contribution in [0.25, 0.3) is 0 Å². The first-order valence-corrected chi connectivity index (χ1v) is 7.55. The van der Waals surface area contributed by atoms with Gasteiger partial charge in [0.1, 0.15) is 0 Å². The molecular weight excluding hydrogens is 268 g/mol. The zero-order valence-electron chi connectivity index (χ0n) is 10.6. The molecule has 3 nitrogen and oxygen atoms in total. The van der Waals surface area contributed by atoms with Crippen LogP contribution in [0.1, 0.15) is 31.1 Å². The van der Waals surface area contributed by atoms with Crippen molar-refractivity contribution in [1.82, 2.24) is 4.90 Å². The Kier molecular flexibility index (Phi) is 4.65. The van der Waals surface area contributed by atoms with Crippen molar-refractivity contribution in [2.75, 3.05) is 6.54 Å². The predicted octanol–water partition coefficient (Wildman–Crippen LogP) is 2.67. The van der Waals surface area contributed by atoms with Gasteiger partial charge in [-0.25, -0.2) is 0 Å². The van der Waals surface area contributed by atoms with Crippen molar-refractivity contribution in [1.29, 1.82) is 0 Å². The van der Waals surface area contributed by atoms with E-state index in [0.29, 0.717) is 6.42 Å². The van der Waals surface area contributed by atoms with Crippen molar-refractivity contribution in [2.24, 2.45) is 5.73 Å². The molecule has 1 aliphatic rings. The van der Waals surface area contributed by atoms with Crippen LogP contribution in [0.2, 0.25) is 4.34 Å². The molecule has 0 saturated carbocycles. The molecule has 2 rings (SSSR count). The van der Waals surface area contributed by atoms with E-state index in [1.165, 1.54) is 4.88 Å². The van der Waals surface area contributed by atoms with Crippen LogP contribution < -0.4 is 5.73 Å². The fourth-order valence-corrected chi connectivity index (χ4v) is 3.53. The number of likely N-dealkylation sites (tertiary alicyclic amines) is 1. The van der Waals surface area contributed by atoms with Gasteiger partial charge in [0.25, 0.3) is 0 Å². The largest absolute Gasteiger partial charge is 0.340 e. The molecule has 1 aliphatic heterocycles. The number of nitrogens with zero attached hydrogens (tertiary/aromatic N) is 1. The first-order valence-electron chi connectivity index (χ1n) is 6.35. The predicted molar refractivity (Wildman–Crippen MR) is 76.0 cm³/mol. The first-order chi connectivity index (χ1) is 8.56. The number of hydrogen-bond acceptors (Lipinski definition) is 3. The van der Waals surface area contributed by atoms with Gasteiger partial charge in [0.15, 0.2) is 0 Å². The number of piperidine rings is 1. The number of nitrogens with two attached hydrogens (primary N) is 1. The molecule has 2 heterocycles. The molecule has 0 aromatic carbocycles. The third kappa shape index (κ3) is 3.46. The van der Waals surface area contributed by atoms with Crippen molar-refractivity contribution >= 4 is 28.8 Å². The van der Waals surface area contributed by atoms with Crippen molar-refractivity contribution in [3.8, 4) is 0 Å². The highest BCUT2D eigenvalue weighted by Gasteiger charge is 2.26. The Morgan fingerprint density at radius 2 is 2.39 bits per heavy atom. The minimum Gasteiger partial charge on any atom is -0.340 e. The number of carbonyl (C=O) groups excluding carboxylic acids is 1. The summed E-state index contributed by atoms with van der Waals surface area (Å²) in [6.45, 7) is 2.88. The highest BCUT2D eigenvalue weighted by Crippen LogP contribution is 2.23. The Hall–Kier alpha value is -0.580. The molecule has 2 N–H and O–H groups in total. The van der Waals surface area contributed by atoms with Crippen LogP contribution in [0.3, 0.4) is 0 Å². The SMILES string of the molecule is CC1CC(N)CCN1C(=O)CCc1ccc(Cl)s1. The normalized spacial score (nSPS) is 24.3. The Balaban J connectivity index is 1.84. The van der Waals surface area contributed by atoms with Crippen LogP contribution in [0.15, 0.2) is 12.1 Å². The van der Waals surface area contributed by atoms with Crippen LogP contribution in [0, 0.1) is 0 Å². The summed E-state index contributed by atoms with van der Waals surface area (Å²) in [5.74, 6) is 0.235. The van der Waals surface area contributed by atoms with E-state index < -0.39 is 0 Å². The van der Waals surface area contributed by atoms with Gasteiger partial charge in [-0.15, -0.1) is 11.3 Å². The van der Waals surface area contributed by atoms with Gasteiger partial charge in [-0.05, 0) is 38.3 Å². The topological polar surface area (TPSA) is 46.3 Å². The molecule has 2 atom stereocenters. The molecule has 2 unspecified atom stereocenters. The lowest BCUT2D eigenvalue weighted by Gasteiger charge is -2.36. The van der Waals surface area contributed by atoms with Gasteiger partial charge >= 0.3 is 0 Å². The quantitative estimate of drug-likeness (QED) is 0.928. The van der Waals surface area contributed by atoms with E-state index in [1.54, 1.807) is 11.3 Å². The van der Waals surface area contributed by atoms with Crippen molar-refractivity contribution in [2.45, 2.75) is 44.7 Å². The molecule has 1 amide bonds. The van der Waals surface area contributed by atoms with Gasteiger partial charge in [0.2, 0.25) is 5.91 Å². The molecule has 1 fully saturated rings. The molecule has 5 heteroatoms. The second-order valence-electron chi connectivity index (χ2n) is 4.93. The lowest BCUT2D eigenvalue weighted by Crippen LogP contribution is -2.48. The molecule has 0 radical (unpaired) electrons. The summed E-state index contributed by atoms with van der Waals surface area (Å²) < 4.78 is 0.787. The van der Waals surface area contributed by atoms with Crippen molar-refractivity contribution in [3.05, 3.63) is 21.3 Å².